The molecule has 19 heavy (non-hydrogen) atoms. The fraction of sp³-hybridized carbons (Fsp3) is 1.00. The Morgan fingerprint density at radius 2 is 2.00 bits per heavy atom. The maximum atomic E-state index is 9.54. The lowest BCUT2D eigenvalue weighted by Crippen LogP contribution is -2.46. The zero-order valence-electron chi connectivity index (χ0n) is 13.6. The van der Waals surface area contributed by atoms with Crippen LogP contribution in [0.4, 0.5) is 0 Å². The molecule has 1 aliphatic heterocycles. The third kappa shape index (κ3) is 4.73. The van der Waals surface area contributed by atoms with Gasteiger partial charge in [0.25, 0.3) is 0 Å². The largest absolute Gasteiger partial charge is 0.394 e. The second-order valence-electron chi connectivity index (χ2n) is 7.30. The highest BCUT2D eigenvalue weighted by Crippen LogP contribution is 2.33. The average molecular weight is 270 g/mol. The van der Waals surface area contributed by atoms with E-state index >= 15 is 0 Å². The van der Waals surface area contributed by atoms with Gasteiger partial charge in [0.2, 0.25) is 0 Å². The molecule has 0 aromatic carbocycles. The van der Waals surface area contributed by atoms with Gasteiger partial charge in [0, 0.05) is 12.1 Å². The molecule has 1 fully saturated rings. The Hall–Kier alpha value is -0.120. The van der Waals surface area contributed by atoms with Crippen LogP contribution in [0.25, 0.3) is 0 Å². The van der Waals surface area contributed by atoms with E-state index < -0.39 is 0 Å². The molecule has 2 N–H and O–H groups in total. The minimum Gasteiger partial charge on any atom is -0.394 e. The lowest BCUT2D eigenvalue weighted by Gasteiger charge is -2.31. The maximum Gasteiger partial charge on any atom is 0.0613 e. The molecule has 3 heteroatoms. The van der Waals surface area contributed by atoms with Gasteiger partial charge in [-0.2, -0.15) is 0 Å². The molecule has 1 aliphatic rings. The summed E-state index contributed by atoms with van der Waals surface area (Å²) in [7, 11) is 1.96. The van der Waals surface area contributed by atoms with Crippen LogP contribution in [0.3, 0.4) is 0 Å². The minimum absolute atomic E-state index is 0.0663. The molecule has 0 amide bonds. The Morgan fingerprint density at radius 1 is 1.32 bits per heavy atom. The molecule has 114 valence electrons. The number of likely N-dealkylation sites (N-methyl/N-ethyl adjacent to an activating group) is 1. The number of nitrogens with zero attached hydrogens (tertiary/aromatic N) is 1. The quantitative estimate of drug-likeness (QED) is 0.746. The van der Waals surface area contributed by atoms with Crippen molar-refractivity contribution in [3.63, 3.8) is 0 Å². The second-order valence-corrected chi connectivity index (χ2v) is 7.30. The fourth-order valence-electron chi connectivity index (χ4n) is 3.13. The summed E-state index contributed by atoms with van der Waals surface area (Å²) in [6.45, 7) is 13.1. The van der Waals surface area contributed by atoms with Crippen molar-refractivity contribution in [1.29, 1.82) is 0 Å². The highest BCUT2D eigenvalue weighted by Gasteiger charge is 2.32. The van der Waals surface area contributed by atoms with Gasteiger partial charge in [-0.05, 0) is 57.2 Å². The Morgan fingerprint density at radius 3 is 2.42 bits per heavy atom. The van der Waals surface area contributed by atoms with Crippen LogP contribution in [0.1, 0.15) is 53.4 Å². The van der Waals surface area contributed by atoms with Crippen molar-refractivity contribution >= 4 is 0 Å². The SMILES string of the molecule is CCC(CO)(CCCN1CCC(C(C)(C)C)C1)NC. The van der Waals surface area contributed by atoms with Gasteiger partial charge in [-0.15, -0.1) is 0 Å². The zero-order valence-corrected chi connectivity index (χ0v) is 13.6. The summed E-state index contributed by atoms with van der Waals surface area (Å²) in [6.07, 6.45) is 4.57. The van der Waals surface area contributed by atoms with Crippen LogP contribution in [0.5, 0.6) is 0 Å². The van der Waals surface area contributed by atoms with Gasteiger partial charge in [0.05, 0.1) is 6.61 Å². The number of nitrogens with one attached hydrogen (secondary N) is 1. The van der Waals surface area contributed by atoms with E-state index in [0.717, 1.165) is 18.8 Å². The van der Waals surface area contributed by atoms with Gasteiger partial charge in [-0.1, -0.05) is 27.7 Å². The van der Waals surface area contributed by atoms with Crippen molar-refractivity contribution in [1.82, 2.24) is 10.2 Å². The molecule has 0 spiro atoms. The van der Waals surface area contributed by atoms with Gasteiger partial charge in [-0.3, -0.25) is 0 Å². The minimum atomic E-state index is -0.0663. The molecule has 1 rings (SSSR count). The van der Waals surface area contributed by atoms with Crippen LogP contribution in [-0.4, -0.2) is 48.8 Å². The van der Waals surface area contributed by atoms with E-state index in [4.69, 9.17) is 0 Å². The van der Waals surface area contributed by atoms with E-state index in [0.29, 0.717) is 5.41 Å². The van der Waals surface area contributed by atoms with E-state index in [1.54, 1.807) is 0 Å². The van der Waals surface area contributed by atoms with Crippen LogP contribution >= 0.6 is 0 Å². The molecular formula is C16H34N2O. The Labute approximate surface area is 119 Å². The summed E-state index contributed by atoms with van der Waals surface area (Å²) >= 11 is 0. The zero-order chi connectivity index (χ0) is 14.5. The van der Waals surface area contributed by atoms with Crippen molar-refractivity contribution in [2.24, 2.45) is 11.3 Å². The molecular weight excluding hydrogens is 236 g/mol. The molecule has 2 atom stereocenters. The molecule has 2 unspecified atom stereocenters. The molecule has 3 nitrogen and oxygen atoms in total. The summed E-state index contributed by atoms with van der Waals surface area (Å²) in [5.41, 5.74) is 0.376. The highest BCUT2D eigenvalue weighted by atomic mass is 16.3. The Bertz CT molecular complexity index is 248. The normalized spacial score (nSPS) is 24.6. The van der Waals surface area contributed by atoms with Crippen LogP contribution in [0.15, 0.2) is 0 Å². The molecule has 0 radical (unpaired) electrons. The predicted octanol–water partition coefficient (Wildman–Crippen LogP) is 2.50. The first-order chi connectivity index (χ1) is 8.87. The number of likely N-dealkylation sites (tertiary alicyclic amines) is 1. The Kier molecular flexibility index (Phi) is 6.28. The molecule has 1 heterocycles. The monoisotopic (exact) mass is 270 g/mol. The molecule has 0 aliphatic carbocycles. The van der Waals surface area contributed by atoms with Gasteiger partial charge < -0.3 is 15.3 Å². The molecule has 0 aromatic rings. The summed E-state index contributed by atoms with van der Waals surface area (Å²) in [4.78, 5) is 2.60. The standard InChI is InChI=1S/C16H34N2O/c1-6-16(13-19,17-5)9-7-10-18-11-8-14(12-18)15(2,3)4/h14,17,19H,6-13H2,1-5H3. The fourth-order valence-corrected chi connectivity index (χ4v) is 3.13. The number of aliphatic hydroxyl groups excluding tert-OH is 1. The first kappa shape index (κ1) is 16.9. The first-order valence-electron chi connectivity index (χ1n) is 7.89. The van der Waals surface area contributed by atoms with Crippen molar-refractivity contribution in [3.05, 3.63) is 0 Å². The lowest BCUT2D eigenvalue weighted by atomic mass is 9.80. The number of hydrogen-bond acceptors (Lipinski definition) is 3. The van der Waals surface area contributed by atoms with E-state index in [2.05, 4.69) is 37.9 Å². The average Bonchev–Trinajstić information content (AvgIpc) is 2.84. The molecule has 1 saturated heterocycles. The van der Waals surface area contributed by atoms with Crippen LogP contribution < -0.4 is 5.32 Å². The second kappa shape index (κ2) is 7.05. The van der Waals surface area contributed by atoms with Crippen molar-refractivity contribution in [2.45, 2.75) is 58.9 Å². The maximum absolute atomic E-state index is 9.54. The van der Waals surface area contributed by atoms with Crippen LogP contribution in [0.2, 0.25) is 0 Å². The van der Waals surface area contributed by atoms with Crippen molar-refractivity contribution < 1.29 is 5.11 Å². The lowest BCUT2D eigenvalue weighted by molar-refractivity contribution is 0.146. The predicted molar refractivity (Wildman–Crippen MR) is 82.4 cm³/mol. The van der Waals surface area contributed by atoms with Gasteiger partial charge >= 0.3 is 0 Å². The topological polar surface area (TPSA) is 35.5 Å². The molecule has 0 aromatic heterocycles. The van der Waals surface area contributed by atoms with Gasteiger partial charge in [0.15, 0.2) is 0 Å². The highest BCUT2D eigenvalue weighted by molar-refractivity contribution is 4.87. The summed E-state index contributed by atoms with van der Waals surface area (Å²) < 4.78 is 0. The first-order valence-corrected chi connectivity index (χ1v) is 7.89. The smallest absolute Gasteiger partial charge is 0.0613 e. The van der Waals surface area contributed by atoms with Gasteiger partial charge in [0.1, 0.15) is 0 Å². The van der Waals surface area contributed by atoms with Crippen LogP contribution in [-0.2, 0) is 0 Å². The van der Waals surface area contributed by atoms with E-state index in [1.807, 2.05) is 7.05 Å². The Balaban J connectivity index is 2.31. The third-order valence-electron chi connectivity index (χ3n) is 5.14. The summed E-state index contributed by atoms with van der Waals surface area (Å²) in [5.74, 6) is 0.838. The van der Waals surface area contributed by atoms with Crippen LogP contribution in [0, 0.1) is 11.3 Å². The van der Waals surface area contributed by atoms with E-state index in [-0.39, 0.29) is 12.1 Å². The molecule has 0 saturated carbocycles. The summed E-state index contributed by atoms with van der Waals surface area (Å²) in [6, 6.07) is 0. The number of hydrogen-bond donors (Lipinski definition) is 2. The van der Waals surface area contributed by atoms with E-state index in [1.165, 1.54) is 32.5 Å². The summed E-state index contributed by atoms with van der Waals surface area (Å²) in [5, 5.41) is 12.8. The van der Waals surface area contributed by atoms with Crippen molar-refractivity contribution in [2.75, 3.05) is 33.3 Å². The van der Waals surface area contributed by atoms with Crippen molar-refractivity contribution in [3.8, 4) is 0 Å². The number of aliphatic hydroxyl groups is 1. The third-order valence-corrected chi connectivity index (χ3v) is 5.14. The van der Waals surface area contributed by atoms with Gasteiger partial charge in [-0.25, -0.2) is 0 Å². The number of rotatable bonds is 7. The molecule has 0 bridgehead atoms. The van der Waals surface area contributed by atoms with E-state index in [9.17, 15) is 5.11 Å².